The van der Waals surface area contributed by atoms with Gasteiger partial charge in [0.1, 0.15) is 0 Å². The van der Waals surface area contributed by atoms with Crippen LogP contribution in [0, 0.1) is 0 Å². The molecule has 0 aliphatic heterocycles. The van der Waals surface area contributed by atoms with Crippen molar-refractivity contribution in [3.63, 3.8) is 0 Å². The first-order valence-corrected chi connectivity index (χ1v) is 2.78. The number of nitrogens with two attached hydrogens (primary N) is 1. The normalized spacial score (nSPS) is 12.3. The predicted octanol–water partition coefficient (Wildman–Crippen LogP) is 0.0505. The van der Waals surface area contributed by atoms with E-state index in [9.17, 15) is 4.21 Å². The Morgan fingerprint density at radius 1 is 1.83 bits per heavy atom. The van der Waals surface area contributed by atoms with Gasteiger partial charge in [-0.25, -0.2) is 4.21 Å². The van der Waals surface area contributed by atoms with E-state index in [0.717, 1.165) is 0 Å². The maximum atomic E-state index is 9.70. The van der Waals surface area contributed by atoms with Gasteiger partial charge in [-0.1, -0.05) is 6.92 Å². The van der Waals surface area contributed by atoms with Gasteiger partial charge in [-0.3, -0.25) is 5.14 Å². The number of halogens is 1. The van der Waals surface area contributed by atoms with Crippen molar-refractivity contribution in [1.82, 2.24) is 0 Å². The quantitative estimate of drug-likeness (QED) is 0.534. The van der Waals surface area contributed by atoms with Crippen molar-refractivity contribution in [2.24, 2.45) is 5.14 Å². The van der Waals surface area contributed by atoms with Crippen LogP contribution in [0.5, 0.6) is 0 Å². The molecule has 0 saturated heterocycles. The molecule has 2 nitrogen and oxygen atoms in total. The highest BCUT2D eigenvalue weighted by atomic mass is 35.5. The topological polar surface area (TPSA) is 43.1 Å². The Labute approximate surface area is 46.1 Å². The Morgan fingerprint density at radius 2 is 2.00 bits per heavy atom. The lowest BCUT2D eigenvalue weighted by Crippen LogP contribution is -2.02. The van der Waals surface area contributed by atoms with Crippen LogP contribution >= 0.6 is 12.4 Å². The van der Waals surface area contributed by atoms with Crippen LogP contribution in [-0.4, -0.2) is 9.96 Å². The van der Waals surface area contributed by atoms with Gasteiger partial charge in [0.2, 0.25) is 0 Å². The van der Waals surface area contributed by atoms with Crippen molar-refractivity contribution in [3.05, 3.63) is 0 Å². The highest BCUT2D eigenvalue weighted by molar-refractivity contribution is 7.82. The van der Waals surface area contributed by atoms with Crippen LogP contribution in [0.15, 0.2) is 0 Å². The molecule has 0 fully saturated rings. The van der Waals surface area contributed by atoms with E-state index in [0.29, 0.717) is 5.75 Å². The minimum absolute atomic E-state index is 0. The third-order valence-corrected chi connectivity index (χ3v) is 0.854. The molecule has 0 aromatic heterocycles. The number of rotatable bonds is 1. The molecule has 6 heavy (non-hydrogen) atoms. The van der Waals surface area contributed by atoms with Crippen LogP contribution in [-0.2, 0) is 11.0 Å². The molecular weight excluding hydrogens is 122 g/mol. The Morgan fingerprint density at radius 3 is 2.00 bits per heavy atom. The van der Waals surface area contributed by atoms with E-state index < -0.39 is 11.0 Å². The lowest BCUT2D eigenvalue weighted by Gasteiger charge is -1.75. The fourth-order valence-corrected chi connectivity index (χ4v) is 0. The highest BCUT2D eigenvalue weighted by Gasteiger charge is 1.73. The summed E-state index contributed by atoms with van der Waals surface area (Å²) in [5, 5.41) is 4.76. The van der Waals surface area contributed by atoms with Crippen molar-refractivity contribution in [2.75, 3.05) is 5.75 Å². The molecule has 1 atom stereocenters. The van der Waals surface area contributed by atoms with E-state index in [1.165, 1.54) is 0 Å². The van der Waals surface area contributed by atoms with Gasteiger partial charge in [0.15, 0.2) is 0 Å². The summed E-state index contributed by atoms with van der Waals surface area (Å²) in [7, 11) is -1.07. The first-order chi connectivity index (χ1) is 2.27. The van der Waals surface area contributed by atoms with Crippen molar-refractivity contribution in [1.29, 1.82) is 0 Å². The summed E-state index contributed by atoms with van der Waals surface area (Å²) in [6.07, 6.45) is 0. The average molecular weight is 130 g/mol. The lowest BCUT2D eigenvalue weighted by atomic mass is 11.0. The fraction of sp³-hybridized carbons (Fsp3) is 1.00. The third-order valence-electron chi connectivity index (χ3n) is 0.285. The summed E-state index contributed by atoms with van der Waals surface area (Å²) in [5.74, 6) is 0.556. The Hall–Kier alpha value is 0.400. The predicted molar refractivity (Wildman–Crippen MR) is 30.1 cm³/mol. The molecule has 2 N–H and O–H groups in total. The standard InChI is InChI=1S/C2H7NOS.ClH/c1-2-5(3)4;/h2-3H2,1H3;1H. The zero-order valence-electron chi connectivity index (χ0n) is 3.51. The molecule has 0 spiro atoms. The SMILES string of the molecule is CCS(N)=O.Cl. The second-order valence-electron chi connectivity index (χ2n) is 0.669. The highest BCUT2D eigenvalue weighted by Crippen LogP contribution is 1.58. The van der Waals surface area contributed by atoms with Crippen LogP contribution in [0.3, 0.4) is 0 Å². The molecule has 0 aromatic rings. The summed E-state index contributed by atoms with van der Waals surface area (Å²) in [5.41, 5.74) is 0. The smallest absolute Gasteiger partial charge is 0.0885 e. The van der Waals surface area contributed by atoms with E-state index >= 15 is 0 Å². The van der Waals surface area contributed by atoms with Crippen molar-refractivity contribution >= 4 is 23.4 Å². The van der Waals surface area contributed by atoms with E-state index in [1.807, 2.05) is 0 Å². The zero-order valence-corrected chi connectivity index (χ0v) is 5.14. The van der Waals surface area contributed by atoms with Crippen molar-refractivity contribution < 1.29 is 4.21 Å². The molecule has 1 unspecified atom stereocenters. The Bertz CT molecular complexity index is 48.8. The first kappa shape index (κ1) is 9.64. The maximum absolute atomic E-state index is 9.70. The Balaban J connectivity index is 0. The van der Waals surface area contributed by atoms with E-state index in [1.54, 1.807) is 6.92 Å². The molecule has 0 amide bonds. The number of hydrogen-bond donors (Lipinski definition) is 1. The van der Waals surface area contributed by atoms with Crippen LogP contribution in [0.25, 0.3) is 0 Å². The molecule has 0 aromatic carbocycles. The molecule has 0 radical (unpaired) electrons. The molecule has 0 aliphatic carbocycles. The van der Waals surface area contributed by atoms with Crippen LogP contribution in [0.4, 0.5) is 0 Å². The van der Waals surface area contributed by atoms with Crippen molar-refractivity contribution in [2.45, 2.75) is 6.92 Å². The average Bonchev–Trinajstić information content (AvgIpc) is 1.38. The summed E-state index contributed by atoms with van der Waals surface area (Å²) in [4.78, 5) is 0. The van der Waals surface area contributed by atoms with Gasteiger partial charge >= 0.3 is 0 Å². The minimum atomic E-state index is -1.07. The van der Waals surface area contributed by atoms with E-state index in [4.69, 9.17) is 5.14 Å². The lowest BCUT2D eigenvalue weighted by molar-refractivity contribution is 0.685. The molecule has 0 bridgehead atoms. The van der Waals surface area contributed by atoms with E-state index in [-0.39, 0.29) is 12.4 Å². The largest absolute Gasteiger partial charge is 0.252 e. The van der Waals surface area contributed by atoms with Gasteiger partial charge in [0, 0.05) is 5.75 Å². The molecule has 40 valence electrons. The summed E-state index contributed by atoms with van der Waals surface area (Å²) in [6, 6.07) is 0. The fourth-order valence-electron chi connectivity index (χ4n) is 0. The van der Waals surface area contributed by atoms with Crippen LogP contribution in [0.2, 0.25) is 0 Å². The Kier molecular flexibility index (Phi) is 8.68. The van der Waals surface area contributed by atoms with Gasteiger partial charge in [0.05, 0.1) is 11.0 Å². The van der Waals surface area contributed by atoms with Crippen LogP contribution in [0.1, 0.15) is 6.92 Å². The second kappa shape index (κ2) is 5.40. The summed E-state index contributed by atoms with van der Waals surface area (Å²) in [6.45, 7) is 1.77. The van der Waals surface area contributed by atoms with E-state index in [2.05, 4.69) is 0 Å². The van der Waals surface area contributed by atoms with Gasteiger partial charge < -0.3 is 0 Å². The summed E-state index contributed by atoms with van der Waals surface area (Å²) >= 11 is 0. The monoisotopic (exact) mass is 129 g/mol. The minimum Gasteiger partial charge on any atom is -0.252 e. The molecule has 4 heteroatoms. The third kappa shape index (κ3) is 8.83. The maximum Gasteiger partial charge on any atom is 0.0885 e. The molecule has 0 heterocycles. The van der Waals surface area contributed by atoms with Gasteiger partial charge in [-0.2, -0.15) is 0 Å². The zero-order chi connectivity index (χ0) is 4.28. The molecule has 0 aliphatic rings. The second-order valence-corrected chi connectivity index (χ2v) is 2.01. The van der Waals surface area contributed by atoms with Crippen LogP contribution < -0.4 is 5.14 Å². The first-order valence-electron chi connectivity index (χ1n) is 1.40. The molecule has 0 saturated carbocycles. The van der Waals surface area contributed by atoms with Gasteiger partial charge in [0.25, 0.3) is 0 Å². The van der Waals surface area contributed by atoms with Gasteiger partial charge in [-0.05, 0) is 0 Å². The summed E-state index contributed by atoms with van der Waals surface area (Å²) < 4.78 is 9.70. The number of hydrogen-bond acceptors (Lipinski definition) is 1. The molecular formula is C2H8ClNOS. The molecule has 0 rings (SSSR count). The van der Waals surface area contributed by atoms with Gasteiger partial charge in [-0.15, -0.1) is 12.4 Å². The van der Waals surface area contributed by atoms with Crippen molar-refractivity contribution in [3.8, 4) is 0 Å².